The van der Waals surface area contributed by atoms with Crippen LogP contribution in [0.2, 0.25) is 0 Å². The van der Waals surface area contributed by atoms with Crippen LogP contribution in [-0.2, 0) is 0 Å². The van der Waals surface area contributed by atoms with Crippen molar-refractivity contribution in [3.8, 4) is 34.3 Å². The normalized spacial score (nSPS) is 24.3. The summed E-state index contributed by atoms with van der Waals surface area (Å²) in [6.45, 7) is 14.4. The van der Waals surface area contributed by atoms with Gasteiger partial charge in [-0.25, -0.2) is 0 Å². The second kappa shape index (κ2) is 11.0. The Bertz CT molecular complexity index is 1540. The number of allylic oxidation sites excluding steroid dienone is 2. The van der Waals surface area contributed by atoms with Gasteiger partial charge in [0.1, 0.15) is 34.8 Å². The molecule has 2 aromatic carbocycles. The van der Waals surface area contributed by atoms with E-state index in [0.717, 1.165) is 25.2 Å². The maximum atomic E-state index is 12.8. The van der Waals surface area contributed by atoms with Crippen LogP contribution in [-0.4, -0.2) is 21.9 Å². The Morgan fingerprint density at radius 1 is 1.12 bits per heavy atom. The van der Waals surface area contributed by atoms with Gasteiger partial charge in [-0.1, -0.05) is 44.9 Å². The Balaban J connectivity index is 1.29. The summed E-state index contributed by atoms with van der Waals surface area (Å²) in [7, 11) is 0. The molecule has 0 radical (unpaired) electrons. The molecule has 218 valence electrons. The second-order valence-corrected chi connectivity index (χ2v) is 13.0. The van der Waals surface area contributed by atoms with Crippen LogP contribution in [0.3, 0.4) is 0 Å². The summed E-state index contributed by atoms with van der Waals surface area (Å²) in [5, 5.41) is 30.5. The summed E-state index contributed by atoms with van der Waals surface area (Å²) in [6.07, 6.45) is 10.4. The molecule has 0 saturated heterocycles. The van der Waals surface area contributed by atoms with Crippen LogP contribution in [0.25, 0.3) is 22.3 Å². The number of hydrogen-bond donors (Lipinski definition) is 3. The van der Waals surface area contributed by atoms with Crippen LogP contribution in [0.15, 0.2) is 69.4 Å². The molecule has 0 bridgehead atoms. The molecule has 1 heterocycles. The highest BCUT2D eigenvalue weighted by molar-refractivity contribution is 5.88. The average Bonchev–Trinajstić information content (AvgIpc) is 2.90. The first-order valence-corrected chi connectivity index (χ1v) is 14.7. The fourth-order valence-electron chi connectivity index (χ4n) is 7.72. The number of phenolic OH excluding ortho intramolecular Hbond substituents is 2. The van der Waals surface area contributed by atoms with Crippen LogP contribution < -0.4 is 10.2 Å². The zero-order chi connectivity index (χ0) is 29.5. The van der Waals surface area contributed by atoms with E-state index in [-0.39, 0.29) is 28.2 Å². The third-order valence-electron chi connectivity index (χ3n) is 9.88. The minimum atomic E-state index is -0.740. The standard InChI is InChI=1S/C35H42O6/c1-21(7-13-26-22(2)8-14-29-34(3,4)16-6-17-35(26,29)5)15-18-40-25-19-27(37)30-28(20-25)41-33(32(39)31(30)38)23-9-11-24(36)12-10-23/h9-12,15,19-20,26,29,36-37,39H,2,6-8,13-14,16-18H2,1,3-5H3/b21-15+/t26-,29-,35+/m0/s1. The summed E-state index contributed by atoms with van der Waals surface area (Å²) in [5.41, 5.74) is 3.13. The summed E-state index contributed by atoms with van der Waals surface area (Å²) < 4.78 is 11.8. The average molecular weight is 559 g/mol. The largest absolute Gasteiger partial charge is 0.508 e. The highest BCUT2D eigenvalue weighted by atomic mass is 16.5. The summed E-state index contributed by atoms with van der Waals surface area (Å²) in [6, 6.07) is 8.84. The predicted octanol–water partition coefficient (Wildman–Crippen LogP) is 8.48. The molecule has 2 aliphatic rings. The minimum absolute atomic E-state index is 0.0450. The van der Waals surface area contributed by atoms with E-state index in [1.807, 2.05) is 0 Å². The molecule has 1 aromatic heterocycles. The number of fused-ring (bicyclic) bond motifs is 2. The maximum absolute atomic E-state index is 12.8. The van der Waals surface area contributed by atoms with Crippen molar-refractivity contribution >= 4 is 11.0 Å². The van der Waals surface area contributed by atoms with Gasteiger partial charge in [0.2, 0.25) is 11.2 Å². The Kier molecular flexibility index (Phi) is 7.71. The van der Waals surface area contributed by atoms with Gasteiger partial charge in [-0.15, -0.1) is 0 Å². The second-order valence-electron chi connectivity index (χ2n) is 13.0. The number of aromatic hydroxyl groups is 3. The van der Waals surface area contributed by atoms with Crippen LogP contribution >= 0.6 is 0 Å². The first kappa shape index (κ1) is 28.8. The molecule has 2 saturated carbocycles. The summed E-state index contributed by atoms with van der Waals surface area (Å²) in [5.74, 6) is 0.694. The maximum Gasteiger partial charge on any atom is 0.238 e. The number of benzene rings is 2. The lowest BCUT2D eigenvalue weighted by molar-refractivity contribution is -0.0539. The van der Waals surface area contributed by atoms with Crippen molar-refractivity contribution < 1.29 is 24.5 Å². The summed E-state index contributed by atoms with van der Waals surface area (Å²) in [4.78, 5) is 12.8. The fourth-order valence-corrected chi connectivity index (χ4v) is 7.72. The van der Waals surface area contributed by atoms with Gasteiger partial charge in [-0.2, -0.15) is 0 Å². The molecule has 0 unspecified atom stereocenters. The lowest BCUT2D eigenvalue weighted by atomic mass is 9.47. The Labute approximate surface area is 242 Å². The smallest absolute Gasteiger partial charge is 0.238 e. The zero-order valence-corrected chi connectivity index (χ0v) is 24.6. The minimum Gasteiger partial charge on any atom is -0.508 e. The molecule has 5 rings (SSSR count). The number of rotatable bonds is 7. The van der Waals surface area contributed by atoms with Gasteiger partial charge >= 0.3 is 0 Å². The van der Waals surface area contributed by atoms with Gasteiger partial charge in [0, 0.05) is 17.7 Å². The van der Waals surface area contributed by atoms with Crippen LogP contribution in [0.4, 0.5) is 0 Å². The predicted molar refractivity (Wildman–Crippen MR) is 162 cm³/mol. The molecular weight excluding hydrogens is 516 g/mol. The molecule has 41 heavy (non-hydrogen) atoms. The van der Waals surface area contributed by atoms with Crippen molar-refractivity contribution in [3.05, 3.63) is 70.4 Å². The van der Waals surface area contributed by atoms with Crippen molar-refractivity contribution in [2.45, 2.75) is 72.6 Å². The van der Waals surface area contributed by atoms with E-state index in [0.29, 0.717) is 34.7 Å². The monoisotopic (exact) mass is 558 g/mol. The van der Waals surface area contributed by atoms with Crippen molar-refractivity contribution in [2.75, 3.05) is 6.61 Å². The molecular formula is C35H42O6. The molecule has 0 aliphatic heterocycles. The number of hydrogen-bond acceptors (Lipinski definition) is 6. The highest BCUT2D eigenvalue weighted by Gasteiger charge is 2.52. The van der Waals surface area contributed by atoms with E-state index < -0.39 is 11.2 Å². The van der Waals surface area contributed by atoms with Gasteiger partial charge in [0.25, 0.3) is 0 Å². The van der Waals surface area contributed by atoms with Crippen molar-refractivity contribution in [1.29, 1.82) is 0 Å². The SMILES string of the molecule is C=C1CC[C@H]2C(C)(C)CCC[C@]2(C)[C@H]1CC/C(C)=C/COc1cc(O)c2c(=O)c(O)c(-c3ccc(O)cc3)oc2c1. The first-order valence-electron chi connectivity index (χ1n) is 14.7. The van der Waals surface area contributed by atoms with E-state index in [1.165, 1.54) is 67.2 Å². The Hall–Kier alpha value is -3.67. The van der Waals surface area contributed by atoms with Gasteiger partial charge < -0.3 is 24.5 Å². The lowest BCUT2D eigenvalue weighted by Gasteiger charge is -2.58. The topological polar surface area (TPSA) is 100 Å². The molecule has 0 spiro atoms. The molecule has 3 N–H and O–H groups in total. The molecule has 0 amide bonds. The van der Waals surface area contributed by atoms with Crippen molar-refractivity contribution in [1.82, 2.24) is 0 Å². The van der Waals surface area contributed by atoms with Gasteiger partial charge in [0.05, 0.1) is 0 Å². The molecule has 6 heteroatoms. The first-order chi connectivity index (χ1) is 19.4. The molecule has 6 nitrogen and oxygen atoms in total. The van der Waals surface area contributed by atoms with Crippen molar-refractivity contribution in [3.63, 3.8) is 0 Å². The van der Waals surface area contributed by atoms with Gasteiger partial charge in [0.15, 0.2) is 5.76 Å². The molecule has 3 aromatic rings. The zero-order valence-electron chi connectivity index (χ0n) is 24.6. The van der Waals surface area contributed by atoms with E-state index >= 15 is 0 Å². The number of ether oxygens (including phenoxy) is 1. The highest BCUT2D eigenvalue weighted by Crippen LogP contribution is 2.61. The van der Waals surface area contributed by atoms with E-state index in [9.17, 15) is 20.1 Å². The van der Waals surface area contributed by atoms with Gasteiger partial charge in [-0.3, -0.25) is 4.79 Å². The molecule has 2 aliphatic carbocycles. The molecule has 3 atom stereocenters. The van der Waals surface area contributed by atoms with Gasteiger partial charge in [-0.05, 0) is 98.5 Å². The van der Waals surface area contributed by atoms with Crippen LogP contribution in [0.1, 0.15) is 72.6 Å². The van der Waals surface area contributed by atoms with E-state index in [2.05, 4.69) is 40.3 Å². The lowest BCUT2D eigenvalue weighted by Crippen LogP contribution is -2.49. The third kappa shape index (κ3) is 5.49. The quantitative estimate of drug-likeness (QED) is 0.252. The molecule has 2 fully saturated rings. The Morgan fingerprint density at radius 3 is 2.59 bits per heavy atom. The number of phenols is 2. The van der Waals surface area contributed by atoms with Crippen molar-refractivity contribution in [2.24, 2.45) is 22.7 Å². The van der Waals surface area contributed by atoms with Crippen LogP contribution in [0, 0.1) is 22.7 Å². The van der Waals surface area contributed by atoms with E-state index in [1.54, 1.807) is 6.07 Å². The third-order valence-corrected chi connectivity index (χ3v) is 9.88. The van der Waals surface area contributed by atoms with Crippen LogP contribution in [0.5, 0.6) is 23.0 Å². The summed E-state index contributed by atoms with van der Waals surface area (Å²) >= 11 is 0. The fraction of sp³-hybridized carbons (Fsp3) is 0.457. The Morgan fingerprint density at radius 2 is 1.85 bits per heavy atom. The van der Waals surface area contributed by atoms with E-state index in [4.69, 9.17) is 9.15 Å².